The van der Waals surface area contributed by atoms with E-state index in [0.717, 1.165) is 22.4 Å². The van der Waals surface area contributed by atoms with E-state index in [9.17, 15) is 9.59 Å². The van der Waals surface area contributed by atoms with Crippen LogP contribution in [0.3, 0.4) is 0 Å². The lowest BCUT2D eigenvalue weighted by Crippen LogP contribution is -2.47. The summed E-state index contributed by atoms with van der Waals surface area (Å²) in [4.78, 5) is 26.7. The second-order valence-electron chi connectivity index (χ2n) is 6.26. The van der Waals surface area contributed by atoms with E-state index in [1.807, 2.05) is 55.5 Å². The Morgan fingerprint density at radius 2 is 1.77 bits per heavy atom. The number of hydrogen-bond donors (Lipinski definition) is 1. The number of methoxy groups -OCH3 is 1. The van der Waals surface area contributed by atoms with Crippen molar-refractivity contribution in [3.63, 3.8) is 0 Å². The molecular formula is C21H26N2O3. The summed E-state index contributed by atoms with van der Waals surface area (Å²) in [5.41, 5.74) is 2.99. The highest BCUT2D eigenvalue weighted by Crippen LogP contribution is 2.17. The predicted molar refractivity (Wildman–Crippen MR) is 102 cm³/mol. The van der Waals surface area contributed by atoms with Crippen LogP contribution >= 0.6 is 0 Å². The molecule has 2 amide bonds. The van der Waals surface area contributed by atoms with Gasteiger partial charge < -0.3 is 15.0 Å². The lowest BCUT2D eigenvalue weighted by atomic mass is 10.0. The zero-order valence-corrected chi connectivity index (χ0v) is 15.8. The average Bonchev–Trinajstić information content (AvgIpc) is 2.67. The van der Waals surface area contributed by atoms with E-state index in [4.69, 9.17) is 4.74 Å². The van der Waals surface area contributed by atoms with Gasteiger partial charge in [-0.1, -0.05) is 36.4 Å². The molecule has 5 nitrogen and oxygen atoms in total. The van der Waals surface area contributed by atoms with Gasteiger partial charge in [0, 0.05) is 13.6 Å². The molecule has 1 N–H and O–H groups in total. The van der Waals surface area contributed by atoms with Gasteiger partial charge >= 0.3 is 0 Å². The summed E-state index contributed by atoms with van der Waals surface area (Å²) in [5.74, 6) is 0.494. The fourth-order valence-corrected chi connectivity index (χ4v) is 2.79. The highest BCUT2D eigenvalue weighted by molar-refractivity contribution is 5.88. The summed E-state index contributed by atoms with van der Waals surface area (Å²) in [7, 11) is 3.19. The van der Waals surface area contributed by atoms with Gasteiger partial charge in [0.25, 0.3) is 0 Å². The molecule has 0 radical (unpaired) electrons. The molecule has 2 rings (SSSR count). The van der Waals surface area contributed by atoms with Gasteiger partial charge in [0.15, 0.2) is 0 Å². The van der Waals surface area contributed by atoms with Crippen molar-refractivity contribution in [1.29, 1.82) is 0 Å². The first-order valence-corrected chi connectivity index (χ1v) is 8.64. The van der Waals surface area contributed by atoms with Crippen LogP contribution in [0.25, 0.3) is 0 Å². The number of nitrogens with zero attached hydrogens (tertiary/aromatic N) is 1. The Balaban J connectivity index is 2.23. The van der Waals surface area contributed by atoms with Crippen molar-refractivity contribution in [3.05, 3.63) is 65.2 Å². The van der Waals surface area contributed by atoms with E-state index >= 15 is 0 Å². The van der Waals surface area contributed by atoms with E-state index < -0.39 is 6.04 Å². The van der Waals surface area contributed by atoms with Crippen LogP contribution < -0.4 is 10.1 Å². The fraction of sp³-hybridized carbons (Fsp3) is 0.333. The first-order chi connectivity index (χ1) is 12.5. The molecule has 2 aromatic carbocycles. The second kappa shape index (κ2) is 9.04. The van der Waals surface area contributed by atoms with Gasteiger partial charge in [0.1, 0.15) is 11.8 Å². The first-order valence-electron chi connectivity index (χ1n) is 8.64. The van der Waals surface area contributed by atoms with E-state index in [0.29, 0.717) is 6.54 Å². The van der Waals surface area contributed by atoms with Crippen molar-refractivity contribution in [2.75, 3.05) is 14.2 Å². The first kappa shape index (κ1) is 19.5. The third-order valence-corrected chi connectivity index (χ3v) is 4.53. The molecule has 26 heavy (non-hydrogen) atoms. The number of nitrogens with one attached hydrogen (secondary N) is 1. The molecule has 1 atom stereocenters. The molecule has 138 valence electrons. The van der Waals surface area contributed by atoms with Crippen LogP contribution in [0.15, 0.2) is 48.5 Å². The van der Waals surface area contributed by atoms with Gasteiger partial charge in [-0.2, -0.15) is 0 Å². The SMILES string of the molecule is CNC(=O)[C@@H](C)N(Cc1ccc(OC)cc1)C(=O)Cc1ccccc1C. The number of rotatable bonds is 7. The van der Waals surface area contributed by atoms with Crippen molar-refractivity contribution >= 4 is 11.8 Å². The Hall–Kier alpha value is -2.82. The molecule has 5 heteroatoms. The predicted octanol–water partition coefficient (Wildman–Crippen LogP) is 2.71. The molecule has 0 fully saturated rings. The number of aryl methyl sites for hydroxylation is 1. The minimum Gasteiger partial charge on any atom is -0.497 e. The van der Waals surface area contributed by atoms with Crippen LogP contribution in [-0.4, -0.2) is 36.9 Å². The number of ether oxygens (including phenoxy) is 1. The molecule has 0 saturated carbocycles. The molecule has 0 spiro atoms. The van der Waals surface area contributed by atoms with Crippen LogP contribution in [-0.2, 0) is 22.6 Å². The van der Waals surface area contributed by atoms with E-state index in [1.54, 1.807) is 26.0 Å². The standard InChI is InChI=1S/C21H26N2O3/c1-15-7-5-6-8-18(15)13-20(24)23(16(2)21(25)22-3)14-17-9-11-19(26-4)12-10-17/h5-12,16H,13-14H2,1-4H3,(H,22,25)/t16-/m1/s1. The zero-order chi connectivity index (χ0) is 19.1. The third-order valence-electron chi connectivity index (χ3n) is 4.53. The highest BCUT2D eigenvalue weighted by Gasteiger charge is 2.25. The molecule has 0 aliphatic heterocycles. The van der Waals surface area contributed by atoms with Crippen LogP contribution in [0.1, 0.15) is 23.6 Å². The molecule has 0 saturated heterocycles. The van der Waals surface area contributed by atoms with Gasteiger partial charge in [0.05, 0.1) is 13.5 Å². The van der Waals surface area contributed by atoms with Gasteiger partial charge in [0.2, 0.25) is 11.8 Å². The summed E-state index contributed by atoms with van der Waals surface area (Å²) in [5, 5.41) is 2.63. The smallest absolute Gasteiger partial charge is 0.242 e. The monoisotopic (exact) mass is 354 g/mol. The summed E-state index contributed by atoms with van der Waals surface area (Å²) >= 11 is 0. The normalized spacial score (nSPS) is 11.5. The highest BCUT2D eigenvalue weighted by atomic mass is 16.5. The average molecular weight is 354 g/mol. The molecule has 0 bridgehead atoms. The minimum absolute atomic E-state index is 0.0776. The lowest BCUT2D eigenvalue weighted by molar-refractivity contribution is -0.139. The molecular weight excluding hydrogens is 328 g/mol. The summed E-state index contributed by atoms with van der Waals surface area (Å²) in [6.07, 6.45) is 0.268. The number of carbonyl (C=O) groups excluding carboxylic acids is 2. The maximum Gasteiger partial charge on any atom is 0.242 e. The number of likely N-dealkylation sites (N-methyl/N-ethyl adjacent to an activating group) is 1. The van der Waals surface area contributed by atoms with Crippen molar-refractivity contribution < 1.29 is 14.3 Å². The van der Waals surface area contributed by atoms with Gasteiger partial charge in [-0.05, 0) is 42.7 Å². The summed E-state index contributed by atoms with van der Waals surface area (Å²) in [6, 6.07) is 14.8. The molecule has 0 aliphatic rings. The molecule has 0 aromatic heterocycles. The van der Waals surface area contributed by atoms with Gasteiger partial charge in [-0.15, -0.1) is 0 Å². The number of benzene rings is 2. The second-order valence-corrected chi connectivity index (χ2v) is 6.26. The van der Waals surface area contributed by atoms with E-state index in [1.165, 1.54) is 0 Å². The van der Waals surface area contributed by atoms with Crippen LogP contribution in [0, 0.1) is 6.92 Å². The van der Waals surface area contributed by atoms with Crippen LogP contribution in [0.2, 0.25) is 0 Å². The van der Waals surface area contributed by atoms with Gasteiger partial charge in [-0.3, -0.25) is 9.59 Å². The molecule has 0 unspecified atom stereocenters. The van der Waals surface area contributed by atoms with Crippen molar-refractivity contribution in [3.8, 4) is 5.75 Å². The molecule has 2 aromatic rings. The van der Waals surface area contributed by atoms with E-state index in [-0.39, 0.29) is 18.2 Å². The third kappa shape index (κ3) is 4.85. The Morgan fingerprint density at radius 3 is 2.35 bits per heavy atom. The zero-order valence-electron chi connectivity index (χ0n) is 15.8. The van der Waals surface area contributed by atoms with Crippen molar-refractivity contribution in [2.45, 2.75) is 32.9 Å². The maximum atomic E-state index is 13.0. The Kier molecular flexibility index (Phi) is 6.78. The topological polar surface area (TPSA) is 58.6 Å². The number of amides is 2. The van der Waals surface area contributed by atoms with E-state index in [2.05, 4.69) is 5.32 Å². The largest absolute Gasteiger partial charge is 0.497 e. The lowest BCUT2D eigenvalue weighted by Gasteiger charge is -2.28. The van der Waals surface area contributed by atoms with Crippen LogP contribution in [0.4, 0.5) is 0 Å². The quantitative estimate of drug-likeness (QED) is 0.832. The maximum absolute atomic E-state index is 13.0. The number of hydrogen-bond acceptors (Lipinski definition) is 3. The van der Waals surface area contributed by atoms with Gasteiger partial charge in [-0.25, -0.2) is 0 Å². The molecule has 0 heterocycles. The Morgan fingerprint density at radius 1 is 1.12 bits per heavy atom. The van der Waals surface area contributed by atoms with Crippen molar-refractivity contribution in [1.82, 2.24) is 10.2 Å². The van der Waals surface area contributed by atoms with Crippen molar-refractivity contribution in [2.24, 2.45) is 0 Å². The summed E-state index contributed by atoms with van der Waals surface area (Å²) in [6.45, 7) is 4.10. The number of carbonyl (C=O) groups is 2. The Bertz CT molecular complexity index is 756. The fourth-order valence-electron chi connectivity index (χ4n) is 2.79. The van der Waals surface area contributed by atoms with Crippen LogP contribution in [0.5, 0.6) is 5.75 Å². The minimum atomic E-state index is -0.557. The summed E-state index contributed by atoms with van der Waals surface area (Å²) < 4.78 is 5.17. The Labute approximate surface area is 155 Å². The molecule has 0 aliphatic carbocycles.